The fourth-order valence-corrected chi connectivity index (χ4v) is 1.31. The first-order valence-electron chi connectivity index (χ1n) is 5.01. The highest BCUT2D eigenvalue weighted by Gasteiger charge is 2.17. The molecule has 0 bridgehead atoms. The quantitative estimate of drug-likeness (QED) is 0.772. The van der Waals surface area contributed by atoms with E-state index in [1.165, 1.54) is 29.5 Å². The van der Waals surface area contributed by atoms with Gasteiger partial charge in [0.1, 0.15) is 11.4 Å². The maximum atomic E-state index is 11.5. The van der Waals surface area contributed by atoms with Gasteiger partial charge in [0.15, 0.2) is 5.82 Å². The predicted molar refractivity (Wildman–Crippen MR) is 59.5 cm³/mol. The second kappa shape index (κ2) is 4.60. The smallest absolute Gasteiger partial charge is 0.343 e. The number of anilines is 1. The number of rotatable bonds is 3. The highest BCUT2D eigenvalue weighted by molar-refractivity contribution is 5.94. The minimum absolute atomic E-state index is 0.184. The van der Waals surface area contributed by atoms with Crippen LogP contribution in [0.25, 0.3) is 5.82 Å². The molecule has 2 aromatic heterocycles. The lowest BCUT2D eigenvalue weighted by molar-refractivity contribution is 0.0527. The molecule has 7 nitrogen and oxygen atoms in total. The molecule has 0 atom stereocenters. The summed E-state index contributed by atoms with van der Waals surface area (Å²) in [6.07, 6.45) is 5.90. The molecule has 0 radical (unpaired) electrons. The molecule has 0 aliphatic carbocycles. The molecule has 0 aromatic carbocycles. The zero-order chi connectivity index (χ0) is 12.3. The SMILES string of the molecule is CCOC(=O)c1cnn(-c2cnccn2)c1N. The van der Waals surface area contributed by atoms with Crippen molar-refractivity contribution in [1.82, 2.24) is 19.7 Å². The third kappa shape index (κ3) is 2.07. The number of hydrogen-bond acceptors (Lipinski definition) is 6. The molecule has 17 heavy (non-hydrogen) atoms. The van der Waals surface area contributed by atoms with Crippen molar-refractivity contribution in [2.45, 2.75) is 6.92 Å². The molecule has 0 saturated heterocycles. The number of aromatic nitrogens is 4. The summed E-state index contributed by atoms with van der Waals surface area (Å²) >= 11 is 0. The Balaban J connectivity index is 2.37. The summed E-state index contributed by atoms with van der Waals surface area (Å²) in [7, 11) is 0. The van der Waals surface area contributed by atoms with E-state index in [-0.39, 0.29) is 18.0 Å². The van der Waals surface area contributed by atoms with Gasteiger partial charge >= 0.3 is 5.97 Å². The van der Waals surface area contributed by atoms with Gasteiger partial charge in [-0.3, -0.25) is 4.98 Å². The lowest BCUT2D eigenvalue weighted by Gasteiger charge is -2.03. The van der Waals surface area contributed by atoms with Gasteiger partial charge < -0.3 is 10.5 Å². The van der Waals surface area contributed by atoms with Crippen LogP contribution < -0.4 is 5.73 Å². The molecule has 7 heteroatoms. The van der Waals surface area contributed by atoms with Crippen LogP contribution in [0.2, 0.25) is 0 Å². The van der Waals surface area contributed by atoms with Crippen molar-refractivity contribution in [3.05, 3.63) is 30.4 Å². The summed E-state index contributed by atoms with van der Waals surface area (Å²) in [4.78, 5) is 19.5. The van der Waals surface area contributed by atoms with Crippen molar-refractivity contribution in [3.63, 3.8) is 0 Å². The Morgan fingerprint density at radius 1 is 1.47 bits per heavy atom. The lowest BCUT2D eigenvalue weighted by Crippen LogP contribution is -2.09. The van der Waals surface area contributed by atoms with Crippen molar-refractivity contribution in [2.24, 2.45) is 0 Å². The summed E-state index contributed by atoms with van der Waals surface area (Å²) in [6, 6.07) is 0. The maximum absolute atomic E-state index is 11.5. The molecule has 0 unspecified atom stereocenters. The Morgan fingerprint density at radius 2 is 2.29 bits per heavy atom. The van der Waals surface area contributed by atoms with Crippen LogP contribution in [-0.4, -0.2) is 32.3 Å². The largest absolute Gasteiger partial charge is 0.462 e. The van der Waals surface area contributed by atoms with E-state index in [0.29, 0.717) is 5.82 Å². The van der Waals surface area contributed by atoms with Crippen LogP contribution in [0.15, 0.2) is 24.8 Å². The van der Waals surface area contributed by atoms with Crippen LogP contribution in [0.5, 0.6) is 0 Å². The first-order valence-corrected chi connectivity index (χ1v) is 5.01. The maximum Gasteiger partial charge on any atom is 0.343 e. The van der Waals surface area contributed by atoms with Crippen molar-refractivity contribution in [2.75, 3.05) is 12.3 Å². The lowest BCUT2D eigenvalue weighted by atomic mass is 10.3. The first kappa shape index (κ1) is 11.1. The number of ether oxygens (including phenoxy) is 1. The molecule has 0 aliphatic heterocycles. The summed E-state index contributed by atoms with van der Waals surface area (Å²) < 4.78 is 6.18. The average molecular weight is 233 g/mol. The van der Waals surface area contributed by atoms with Crippen molar-refractivity contribution in [1.29, 1.82) is 0 Å². The normalized spacial score (nSPS) is 10.2. The molecule has 0 amide bonds. The molecule has 0 spiro atoms. The molecule has 0 fully saturated rings. The van der Waals surface area contributed by atoms with E-state index in [1.54, 1.807) is 6.92 Å². The standard InChI is InChI=1S/C10H11N5O2/c1-2-17-10(16)7-5-14-15(9(7)11)8-6-12-3-4-13-8/h3-6H,2,11H2,1H3. The molecular weight excluding hydrogens is 222 g/mol. The van der Waals surface area contributed by atoms with Gasteiger partial charge in [-0.15, -0.1) is 0 Å². The van der Waals surface area contributed by atoms with Gasteiger partial charge in [-0.05, 0) is 6.92 Å². The molecule has 2 rings (SSSR count). The van der Waals surface area contributed by atoms with Gasteiger partial charge in [-0.1, -0.05) is 0 Å². The highest BCUT2D eigenvalue weighted by atomic mass is 16.5. The number of carbonyl (C=O) groups is 1. The molecule has 2 N–H and O–H groups in total. The van der Waals surface area contributed by atoms with E-state index in [2.05, 4.69) is 15.1 Å². The number of esters is 1. The van der Waals surface area contributed by atoms with E-state index in [9.17, 15) is 4.79 Å². The fraction of sp³-hybridized carbons (Fsp3) is 0.200. The summed E-state index contributed by atoms with van der Waals surface area (Å²) in [5.41, 5.74) is 6.02. The third-order valence-corrected chi connectivity index (χ3v) is 2.07. The topological polar surface area (TPSA) is 95.9 Å². The number of nitrogens with zero attached hydrogens (tertiary/aromatic N) is 4. The number of hydrogen-bond donors (Lipinski definition) is 1. The second-order valence-electron chi connectivity index (χ2n) is 3.14. The molecular formula is C10H11N5O2. The average Bonchev–Trinajstić information content (AvgIpc) is 2.72. The minimum Gasteiger partial charge on any atom is -0.462 e. The summed E-state index contributed by atoms with van der Waals surface area (Å²) in [6.45, 7) is 2.01. The molecule has 88 valence electrons. The zero-order valence-corrected chi connectivity index (χ0v) is 9.20. The fourth-order valence-electron chi connectivity index (χ4n) is 1.31. The second-order valence-corrected chi connectivity index (χ2v) is 3.14. The van der Waals surface area contributed by atoms with E-state index in [0.717, 1.165) is 0 Å². The van der Waals surface area contributed by atoms with E-state index in [4.69, 9.17) is 10.5 Å². The van der Waals surface area contributed by atoms with Gasteiger partial charge in [-0.2, -0.15) is 9.78 Å². The van der Waals surface area contributed by atoms with Crippen LogP contribution in [0.3, 0.4) is 0 Å². The number of nitrogens with two attached hydrogens (primary N) is 1. The summed E-state index contributed by atoms with van der Waals surface area (Å²) in [5, 5.41) is 3.98. The van der Waals surface area contributed by atoms with Crippen LogP contribution in [0.1, 0.15) is 17.3 Å². The zero-order valence-electron chi connectivity index (χ0n) is 9.20. The van der Waals surface area contributed by atoms with Gasteiger partial charge in [-0.25, -0.2) is 9.78 Å². The monoisotopic (exact) mass is 233 g/mol. The van der Waals surface area contributed by atoms with Gasteiger partial charge in [0.05, 0.1) is 19.0 Å². The highest BCUT2D eigenvalue weighted by Crippen LogP contribution is 2.15. The predicted octanol–water partition coefficient (Wildman–Crippen LogP) is 0.421. The van der Waals surface area contributed by atoms with Gasteiger partial charge in [0, 0.05) is 12.4 Å². The molecule has 0 aliphatic rings. The Morgan fingerprint density at radius 3 is 2.94 bits per heavy atom. The first-order chi connectivity index (χ1) is 8.24. The Kier molecular flexibility index (Phi) is 2.99. The van der Waals surface area contributed by atoms with E-state index < -0.39 is 5.97 Å². The van der Waals surface area contributed by atoms with Crippen LogP contribution in [0.4, 0.5) is 5.82 Å². The molecule has 0 saturated carbocycles. The van der Waals surface area contributed by atoms with E-state index >= 15 is 0 Å². The van der Waals surface area contributed by atoms with Crippen LogP contribution in [0, 0.1) is 0 Å². The summed E-state index contributed by atoms with van der Waals surface area (Å²) in [5.74, 6) is 0.129. The molecule has 2 aromatic rings. The van der Waals surface area contributed by atoms with Crippen LogP contribution in [-0.2, 0) is 4.74 Å². The number of carbonyl (C=O) groups excluding carboxylic acids is 1. The number of nitrogen functional groups attached to an aromatic ring is 1. The Bertz CT molecular complexity index is 523. The van der Waals surface area contributed by atoms with E-state index in [1.807, 2.05) is 0 Å². The van der Waals surface area contributed by atoms with Crippen molar-refractivity contribution in [3.8, 4) is 5.82 Å². The molecule has 2 heterocycles. The Labute approximate surface area is 97.2 Å². The van der Waals surface area contributed by atoms with Crippen molar-refractivity contribution >= 4 is 11.8 Å². The third-order valence-electron chi connectivity index (χ3n) is 2.07. The van der Waals surface area contributed by atoms with Gasteiger partial charge in [0.2, 0.25) is 0 Å². The van der Waals surface area contributed by atoms with Gasteiger partial charge in [0.25, 0.3) is 0 Å². The van der Waals surface area contributed by atoms with Crippen LogP contribution >= 0.6 is 0 Å². The van der Waals surface area contributed by atoms with Crippen molar-refractivity contribution < 1.29 is 9.53 Å². The minimum atomic E-state index is -0.500. The Hall–Kier alpha value is -2.44.